The first-order valence-electron chi connectivity index (χ1n) is 7.18. The van der Waals surface area contributed by atoms with E-state index in [1.807, 2.05) is 0 Å². The van der Waals surface area contributed by atoms with Crippen LogP contribution in [-0.4, -0.2) is 18.5 Å². The van der Waals surface area contributed by atoms with Gasteiger partial charge < -0.3 is 5.32 Å². The van der Waals surface area contributed by atoms with Crippen molar-refractivity contribution >= 4 is 11.6 Å². The molecule has 18 heavy (non-hydrogen) atoms. The van der Waals surface area contributed by atoms with Gasteiger partial charge in [0.05, 0.1) is 0 Å². The fourth-order valence-electron chi connectivity index (χ4n) is 2.91. The largest absolute Gasteiger partial charge is 0.315 e. The summed E-state index contributed by atoms with van der Waals surface area (Å²) in [5.74, 6) is 1.35. The zero-order valence-electron chi connectivity index (χ0n) is 11.5. The number of fused-ring (bicyclic) bond motifs is 1. The fourth-order valence-corrected chi connectivity index (χ4v) is 3.37. The fraction of sp³-hybridized carbons (Fsp3) is 0.625. The molecule has 1 aromatic rings. The van der Waals surface area contributed by atoms with Crippen molar-refractivity contribution in [3.05, 3.63) is 35.4 Å². The van der Waals surface area contributed by atoms with E-state index < -0.39 is 0 Å². The first-order valence-corrected chi connectivity index (χ1v) is 7.62. The Bertz CT molecular complexity index is 373. The van der Waals surface area contributed by atoms with Crippen LogP contribution in [0.2, 0.25) is 0 Å². The van der Waals surface area contributed by atoms with Crippen LogP contribution in [0.5, 0.6) is 0 Å². The van der Waals surface area contributed by atoms with Crippen molar-refractivity contribution in [2.45, 2.75) is 44.4 Å². The zero-order chi connectivity index (χ0) is 13.0. The van der Waals surface area contributed by atoms with Crippen molar-refractivity contribution in [3.8, 4) is 0 Å². The van der Waals surface area contributed by atoms with E-state index in [2.05, 4.69) is 43.4 Å². The minimum atomic E-state index is 0.273. The molecule has 2 rings (SSSR count). The summed E-state index contributed by atoms with van der Waals surface area (Å²) in [4.78, 5) is 0. The molecule has 0 amide bonds. The molecule has 2 unspecified atom stereocenters. The van der Waals surface area contributed by atoms with Crippen LogP contribution < -0.4 is 5.32 Å². The summed E-state index contributed by atoms with van der Waals surface area (Å²) in [7, 11) is 0. The molecule has 0 radical (unpaired) electrons. The van der Waals surface area contributed by atoms with E-state index in [0.29, 0.717) is 11.8 Å². The van der Waals surface area contributed by atoms with Gasteiger partial charge in [0, 0.05) is 24.4 Å². The molecule has 1 aliphatic rings. The molecule has 0 bridgehead atoms. The highest BCUT2D eigenvalue weighted by molar-refractivity contribution is 6.21. The minimum absolute atomic E-state index is 0.273. The summed E-state index contributed by atoms with van der Waals surface area (Å²) in [5, 5.41) is 3.82. The lowest BCUT2D eigenvalue weighted by molar-refractivity contribution is 0.434. The van der Waals surface area contributed by atoms with Crippen LogP contribution in [0.15, 0.2) is 24.3 Å². The number of rotatable bonds is 7. The maximum atomic E-state index is 6.43. The third kappa shape index (κ3) is 3.07. The van der Waals surface area contributed by atoms with E-state index >= 15 is 0 Å². The predicted octanol–water partition coefficient (Wildman–Crippen LogP) is 3.96. The predicted molar refractivity (Wildman–Crippen MR) is 79.5 cm³/mol. The number of benzene rings is 1. The first kappa shape index (κ1) is 13.9. The standard InChI is InChI=1S/C16H24ClN/c1-3-12(4-2)16(17)11-18-10-14-9-13-7-5-6-8-15(13)14/h5-8,12,14,16,18H,3-4,9-11H2,1-2H3. The third-order valence-corrected chi connectivity index (χ3v) is 4.76. The van der Waals surface area contributed by atoms with Crippen LogP contribution in [0.1, 0.15) is 43.7 Å². The lowest BCUT2D eigenvalue weighted by Crippen LogP contribution is -2.34. The van der Waals surface area contributed by atoms with Crippen LogP contribution in [0.3, 0.4) is 0 Å². The molecule has 0 saturated heterocycles. The number of hydrogen-bond donors (Lipinski definition) is 1. The van der Waals surface area contributed by atoms with Gasteiger partial charge in [0.15, 0.2) is 0 Å². The molecule has 0 aromatic heterocycles. The summed E-state index contributed by atoms with van der Waals surface area (Å²) in [6.45, 7) is 6.46. The van der Waals surface area contributed by atoms with Crippen LogP contribution >= 0.6 is 11.6 Å². The second kappa shape index (κ2) is 6.58. The van der Waals surface area contributed by atoms with E-state index in [4.69, 9.17) is 11.6 Å². The van der Waals surface area contributed by atoms with Crippen molar-refractivity contribution in [1.29, 1.82) is 0 Å². The second-order valence-electron chi connectivity index (χ2n) is 5.35. The van der Waals surface area contributed by atoms with Gasteiger partial charge >= 0.3 is 0 Å². The minimum Gasteiger partial charge on any atom is -0.315 e. The topological polar surface area (TPSA) is 12.0 Å². The highest BCUT2D eigenvalue weighted by Crippen LogP contribution is 2.34. The van der Waals surface area contributed by atoms with Gasteiger partial charge in [0.1, 0.15) is 0 Å². The second-order valence-corrected chi connectivity index (χ2v) is 5.91. The van der Waals surface area contributed by atoms with Gasteiger partial charge in [-0.25, -0.2) is 0 Å². The summed E-state index contributed by atoms with van der Waals surface area (Å²) in [6, 6.07) is 8.76. The SMILES string of the molecule is CCC(CC)C(Cl)CNCC1Cc2ccccc21. The summed E-state index contributed by atoms with van der Waals surface area (Å²) >= 11 is 6.43. The molecular formula is C16H24ClN. The van der Waals surface area contributed by atoms with Gasteiger partial charge in [0.25, 0.3) is 0 Å². The number of halogens is 1. The van der Waals surface area contributed by atoms with Crippen molar-refractivity contribution in [2.75, 3.05) is 13.1 Å². The van der Waals surface area contributed by atoms with Gasteiger partial charge in [-0.1, -0.05) is 51.0 Å². The first-order chi connectivity index (χ1) is 8.76. The Morgan fingerprint density at radius 2 is 2.00 bits per heavy atom. The Hall–Kier alpha value is -0.530. The zero-order valence-corrected chi connectivity index (χ0v) is 12.2. The summed E-state index contributed by atoms with van der Waals surface area (Å²) in [5.41, 5.74) is 3.05. The molecule has 1 nitrogen and oxygen atoms in total. The normalized spacial score (nSPS) is 19.4. The van der Waals surface area contributed by atoms with Gasteiger partial charge in [-0.05, 0) is 23.5 Å². The quantitative estimate of drug-likeness (QED) is 0.736. The molecule has 1 aliphatic carbocycles. The monoisotopic (exact) mass is 265 g/mol. The van der Waals surface area contributed by atoms with Crippen LogP contribution in [0.25, 0.3) is 0 Å². The molecule has 0 fully saturated rings. The van der Waals surface area contributed by atoms with Crippen molar-refractivity contribution in [1.82, 2.24) is 5.32 Å². The maximum Gasteiger partial charge on any atom is 0.0488 e. The molecule has 0 aliphatic heterocycles. The Balaban J connectivity index is 1.71. The lowest BCUT2D eigenvalue weighted by Gasteiger charge is -2.31. The van der Waals surface area contributed by atoms with E-state index in [1.54, 1.807) is 0 Å². The van der Waals surface area contributed by atoms with Crippen LogP contribution in [0, 0.1) is 5.92 Å². The maximum absolute atomic E-state index is 6.43. The lowest BCUT2D eigenvalue weighted by atomic mass is 9.77. The third-order valence-electron chi connectivity index (χ3n) is 4.25. The average Bonchev–Trinajstić information content (AvgIpc) is 2.36. The highest BCUT2D eigenvalue weighted by Gasteiger charge is 2.25. The molecule has 100 valence electrons. The number of alkyl halides is 1. The molecular weight excluding hydrogens is 242 g/mol. The molecule has 2 atom stereocenters. The molecule has 0 heterocycles. The van der Waals surface area contributed by atoms with E-state index in [-0.39, 0.29) is 5.38 Å². The average molecular weight is 266 g/mol. The van der Waals surface area contributed by atoms with Crippen LogP contribution in [-0.2, 0) is 6.42 Å². The Labute approximate surface area is 116 Å². The van der Waals surface area contributed by atoms with Gasteiger partial charge in [-0.2, -0.15) is 0 Å². The Kier molecular flexibility index (Phi) is 5.08. The van der Waals surface area contributed by atoms with E-state index in [1.165, 1.54) is 30.4 Å². The van der Waals surface area contributed by atoms with E-state index in [9.17, 15) is 0 Å². The van der Waals surface area contributed by atoms with Gasteiger partial charge in [0.2, 0.25) is 0 Å². The van der Waals surface area contributed by atoms with Crippen LogP contribution in [0.4, 0.5) is 0 Å². The molecule has 0 saturated carbocycles. The van der Waals surface area contributed by atoms with Gasteiger partial charge in [-0.15, -0.1) is 11.6 Å². The highest BCUT2D eigenvalue weighted by atomic mass is 35.5. The number of hydrogen-bond acceptors (Lipinski definition) is 1. The Morgan fingerprint density at radius 3 is 2.67 bits per heavy atom. The summed E-state index contributed by atoms with van der Waals surface area (Å²) < 4.78 is 0. The summed E-state index contributed by atoms with van der Waals surface area (Å²) in [6.07, 6.45) is 3.58. The smallest absolute Gasteiger partial charge is 0.0488 e. The Morgan fingerprint density at radius 1 is 1.28 bits per heavy atom. The molecule has 1 N–H and O–H groups in total. The van der Waals surface area contributed by atoms with Crippen molar-refractivity contribution in [3.63, 3.8) is 0 Å². The molecule has 0 spiro atoms. The van der Waals surface area contributed by atoms with Crippen molar-refractivity contribution < 1.29 is 0 Å². The molecule has 1 aromatic carbocycles. The van der Waals surface area contributed by atoms with E-state index in [0.717, 1.165) is 13.1 Å². The number of nitrogens with one attached hydrogen (secondary N) is 1. The molecule has 2 heteroatoms. The van der Waals surface area contributed by atoms with Crippen molar-refractivity contribution in [2.24, 2.45) is 5.92 Å². The van der Waals surface area contributed by atoms with Gasteiger partial charge in [-0.3, -0.25) is 0 Å².